The highest BCUT2D eigenvalue weighted by atomic mass is 35.5. The molecule has 1 aromatic carbocycles. The zero-order valence-electron chi connectivity index (χ0n) is 12.0. The second kappa shape index (κ2) is 6.64. The lowest BCUT2D eigenvalue weighted by molar-refractivity contribution is 0.0942. The number of amides is 1. The fourth-order valence-electron chi connectivity index (χ4n) is 2.21. The van der Waals surface area contributed by atoms with Crippen molar-refractivity contribution in [1.29, 1.82) is 0 Å². The van der Waals surface area contributed by atoms with Gasteiger partial charge in [0, 0.05) is 18.6 Å². The smallest absolute Gasteiger partial charge is 0.257 e. The Labute approximate surface area is 138 Å². The van der Waals surface area contributed by atoms with Gasteiger partial charge in [0.2, 0.25) is 0 Å². The molecule has 0 bridgehead atoms. The van der Waals surface area contributed by atoms with Crippen molar-refractivity contribution in [2.75, 3.05) is 0 Å². The molecular weight excluding hydrogens is 314 g/mol. The number of pyridine rings is 1. The molecule has 0 aliphatic carbocycles. The molecule has 23 heavy (non-hydrogen) atoms. The second-order valence-corrected chi connectivity index (χ2v) is 5.35. The Kier molecular flexibility index (Phi) is 4.41. The molecule has 2 heterocycles. The van der Waals surface area contributed by atoms with Gasteiger partial charge in [0.15, 0.2) is 6.23 Å². The summed E-state index contributed by atoms with van der Waals surface area (Å²) < 4.78 is 0. The lowest BCUT2D eigenvalue weighted by Crippen LogP contribution is -2.38. The number of aromatic nitrogens is 1. The third-order valence-corrected chi connectivity index (χ3v) is 3.72. The minimum Gasteiger partial charge on any atom is -0.368 e. The number of rotatable bonds is 3. The van der Waals surface area contributed by atoms with Crippen LogP contribution in [0, 0.1) is 0 Å². The number of aliphatic hydroxyl groups excluding tert-OH is 1. The summed E-state index contributed by atoms with van der Waals surface area (Å²) in [5.41, 5.74) is 2.45. The van der Waals surface area contributed by atoms with Crippen LogP contribution >= 0.6 is 11.6 Å². The average molecular weight is 328 g/mol. The van der Waals surface area contributed by atoms with Crippen molar-refractivity contribution in [3.05, 3.63) is 82.9 Å². The Bertz CT molecular complexity index is 787. The van der Waals surface area contributed by atoms with Crippen LogP contribution in [0.1, 0.15) is 15.9 Å². The van der Waals surface area contributed by atoms with Crippen LogP contribution in [-0.2, 0) is 0 Å². The number of carbonyl (C=O) groups excluding carboxylic acids is 1. The molecule has 1 aliphatic heterocycles. The van der Waals surface area contributed by atoms with Gasteiger partial charge < -0.3 is 15.7 Å². The molecule has 5 nitrogen and oxygen atoms in total. The van der Waals surface area contributed by atoms with Gasteiger partial charge in [0.25, 0.3) is 5.91 Å². The van der Waals surface area contributed by atoms with Gasteiger partial charge in [-0.3, -0.25) is 9.78 Å². The molecule has 116 valence electrons. The standard InChI is InChI=1S/C17H14ClN3O2/c18-14-4-2-1-3-13(14)16(22)21-15-9-12(10-20-17(15)23)11-5-7-19-8-6-11/h1-10,17,20,23H,(H,21,22). The number of hydrogen-bond acceptors (Lipinski definition) is 4. The largest absolute Gasteiger partial charge is 0.368 e. The molecule has 1 amide bonds. The Hall–Kier alpha value is -2.63. The maximum absolute atomic E-state index is 12.3. The summed E-state index contributed by atoms with van der Waals surface area (Å²) in [6, 6.07) is 10.4. The molecular formula is C17H14ClN3O2. The predicted molar refractivity (Wildman–Crippen MR) is 88.4 cm³/mol. The third kappa shape index (κ3) is 3.41. The first-order valence-electron chi connectivity index (χ1n) is 6.97. The number of halogens is 1. The minimum absolute atomic E-state index is 0.349. The van der Waals surface area contributed by atoms with E-state index in [1.54, 1.807) is 48.9 Å². The van der Waals surface area contributed by atoms with E-state index in [1.165, 1.54) is 0 Å². The average Bonchev–Trinajstić information content (AvgIpc) is 2.58. The molecule has 3 rings (SSSR count). The summed E-state index contributed by atoms with van der Waals surface area (Å²) in [6.07, 6.45) is 5.76. The number of dihydropyridines is 1. The lowest BCUT2D eigenvalue weighted by Gasteiger charge is -2.22. The van der Waals surface area contributed by atoms with E-state index in [9.17, 15) is 9.90 Å². The molecule has 2 aromatic rings. The fourth-order valence-corrected chi connectivity index (χ4v) is 2.43. The quantitative estimate of drug-likeness (QED) is 0.809. The topological polar surface area (TPSA) is 74.2 Å². The van der Waals surface area contributed by atoms with E-state index in [0.29, 0.717) is 16.3 Å². The third-order valence-electron chi connectivity index (χ3n) is 3.39. The zero-order valence-corrected chi connectivity index (χ0v) is 12.8. The summed E-state index contributed by atoms with van der Waals surface area (Å²) in [5, 5.41) is 15.9. The van der Waals surface area contributed by atoms with Crippen LogP contribution in [0.5, 0.6) is 0 Å². The highest BCUT2D eigenvalue weighted by Crippen LogP contribution is 2.21. The van der Waals surface area contributed by atoms with Crippen molar-refractivity contribution in [3.8, 4) is 0 Å². The summed E-state index contributed by atoms with van der Waals surface area (Å²) in [7, 11) is 0. The maximum atomic E-state index is 12.3. The van der Waals surface area contributed by atoms with Gasteiger partial charge in [0.05, 0.1) is 16.3 Å². The van der Waals surface area contributed by atoms with Crippen LogP contribution in [0.15, 0.2) is 66.8 Å². The molecule has 1 aliphatic rings. The Morgan fingerprint density at radius 1 is 1.22 bits per heavy atom. The summed E-state index contributed by atoms with van der Waals surface area (Å²) in [6.45, 7) is 0. The van der Waals surface area contributed by atoms with Crippen molar-refractivity contribution < 1.29 is 9.90 Å². The van der Waals surface area contributed by atoms with Crippen molar-refractivity contribution >= 4 is 23.1 Å². The number of carbonyl (C=O) groups is 1. The van der Waals surface area contributed by atoms with Crippen molar-refractivity contribution in [2.45, 2.75) is 6.23 Å². The van der Waals surface area contributed by atoms with Crippen molar-refractivity contribution in [2.24, 2.45) is 0 Å². The minimum atomic E-state index is -0.993. The van der Waals surface area contributed by atoms with Crippen molar-refractivity contribution in [3.63, 3.8) is 0 Å². The van der Waals surface area contributed by atoms with E-state index < -0.39 is 6.23 Å². The molecule has 0 saturated heterocycles. The number of nitrogens with one attached hydrogen (secondary N) is 2. The normalized spacial score (nSPS) is 16.9. The summed E-state index contributed by atoms with van der Waals surface area (Å²) in [4.78, 5) is 16.3. The first-order chi connectivity index (χ1) is 11.1. The highest BCUT2D eigenvalue weighted by Gasteiger charge is 2.19. The van der Waals surface area contributed by atoms with Crippen LogP contribution in [0.4, 0.5) is 0 Å². The molecule has 0 spiro atoms. The molecule has 0 radical (unpaired) electrons. The summed E-state index contributed by atoms with van der Waals surface area (Å²) >= 11 is 6.02. The van der Waals surface area contributed by atoms with Crippen molar-refractivity contribution in [1.82, 2.24) is 15.6 Å². The Morgan fingerprint density at radius 2 is 1.96 bits per heavy atom. The monoisotopic (exact) mass is 327 g/mol. The number of benzene rings is 1. The zero-order chi connectivity index (χ0) is 16.2. The molecule has 6 heteroatoms. The van der Waals surface area contributed by atoms with E-state index in [1.807, 2.05) is 12.1 Å². The lowest BCUT2D eigenvalue weighted by atomic mass is 10.0. The van der Waals surface area contributed by atoms with Crippen LogP contribution < -0.4 is 10.6 Å². The molecule has 1 atom stereocenters. The summed E-state index contributed by atoms with van der Waals surface area (Å²) in [5.74, 6) is -0.376. The van der Waals surface area contributed by atoms with E-state index >= 15 is 0 Å². The first-order valence-corrected chi connectivity index (χ1v) is 7.35. The van der Waals surface area contributed by atoms with Gasteiger partial charge in [-0.2, -0.15) is 0 Å². The first kappa shape index (κ1) is 15.3. The van der Waals surface area contributed by atoms with Gasteiger partial charge in [0.1, 0.15) is 0 Å². The molecule has 1 unspecified atom stereocenters. The van der Waals surface area contributed by atoms with Gasteiger partial charge in [-0.05, 0) is 41.5 Å². The van der Waals surface area contributed by atoms with Crippen LogP contribution in [0.3, 0.4) is 0 Å². The number of nitrogens with zero attached hydrogens (tertiary/aromatic N) is 1. The fraction of sp³-hybridized carbons (Fsp3) is 0.0588. The van der Waals surface area contributed by atoms with E-state index in [2.05, 4.69) is 15.6 Å². The SMILES string of the molecule is O=C(NC1=CC(c2ccncc2)=CNC1O)c1ccccc1Cl. The number of hydrogen-bond donors (Lipinski definition) is 3. The maximum Gasteiger partial charge on any atom is 0.257 e. The molecule has 1 aromatic heterocycles. The van der Waals surface area contributed by atoms with Crippen LogP contribution in [0.25, 0.3) is 5.57 Å². The predicted octanol–water partition coefficient (Wildman–Crippen LogP) is 2.31. The van der Waals surface area contributed by atoms with Gasteiger partial charge in [-0.1, -0.05) is 23.7 Å². The molecule has 0 saturated carbocycles. The number of aliphatic hydroxyl groups is 1. The molecule has 0 fully saturated rings. The van der Waals surface area contributed by atoms with Gasteiger partial charge >= 0.3 is 0 Å². The second-order valence-electron chi connectivity index (χ2n) is 4.94. The van der Waals surface area contributed by atoms with E-state index in [4.69, 9.17) is 11.6 Å². The highest BCUT2D eigenvalue weighted by molar-refractivity contribution is 6.33. The van der Waals surface area contributed by atoms with E-state index in [-0.39, 0.29) is 5.91 Å². The van der Waals surface area contributed by atoms with E-state index in [0.717, 1.165) is 11.1 Å². The Morgan fingerprint density at radius 3 is 2.70 bits per heavy atom. The van der Waals surface area contributed by atoms with Gasteiger partial charge in [-0.25, -0.2) is 0 Å². The molecule has 3 N–H and O–H groups in total. The van der Waals surface area contributed by atoms with Gasteiger partial charge in [-0.15, -0.1) is 0 Å². The van der Waals surface area contributed by atoms with Crippen LogP contribution in [-0.4, -0.2) is 22.2 Å². The van der Waals surface area contributed by atoms with Crippen LogP contribution in [0.2, 0.25) is 5.02 Å². The number of allylic oxidation sites excluding steroid dienone is 2. The Balaban J connectivity index is 1.84.